The molecule has 86 valence electrons. The first-order valence-electron chi connectivity index (χ1n) is 5.24. The number of aryl methyl sites for hydroxylation is 1. The predicted molar refractivity (Wildman–Crippen MR) is 59.5 cm³/mol. The van der Waals surface area contributed by atoms with Gasteiger partial charge in [-0.05, 0) is 30.0 Å². The number of hydrogen-bond donors (Lipinski definition) is 3. The Hall–Kier alpha value is -1.59. The highest BCUT2D eigenvalue weighted by molar-refractivity contribution is 5.82. The second-order valence-corrected chi connectivity index (χ2v) is 3.81. The smallest absolute Gasteiger partial charge is 0.255 e. The van der Waals surface area contributed by atoms with Crippen LogP contribution in [-0.4, -0.2) is 12.5 Å². The number of hydrazine groups is 1. The predicted octanol–water partition coefficient (Wildman–Crippen LogP) is 0.00130. The van der Waals surface area contributed by atoms with Crippen molar-refractivity contribution in [2.75, 3.05) is 6.61 Å². The fourth-order valence-corrected chi connectivity index (χ4v) is 1.81. The first kappa shape index (κ1) is 10.9. The number of carbonyl (C=O) groups is 1. The van der Waals surface area contributed by atoms with Crippen molar-refractivity contribution in [3.8, 4) is 5.75 Å². The van der Waals surface area contributed by atoms with Crippen molar-refractivity contribution < 1.29 is 9.53 Å². The molecular weight excluding hydrogens is 206 g/mol. The van der Waals surface area contributed by atoms with Gasteiger partial charge in [0.15, 0.2) is 0 Å². The van der Waals surface area contributed by atoms with Gasteiger partial charge < -0.3 is 10.5 Å². The van der Waals surface area contributed by atoms with E-state index >= 15 is 0 Å². The molecule has 1 aromatic carbocycles. The van der Waals surface area contributed by atoms with E-state index in [4.69, 9.17) is 16.3 Å². The summed E-state index contributed by atoms with van der Waals surface area (Å²) in [4.78, 5) is 11.3. The third-order valence-electron chi connectivity index (χ3n) is 2.72. The molecular formula is C11H15N3O2. The SMILES string of the molecule is NNC(=O)C(N)c1ccc2c(c1)CCCO2. The van der Waals surface area contributed by atoms with Crippen molar-refractivity contribution in [3.63, 3.8) is 0 Å². The molecule has 1 atom stereocenters. The Kier molecular flexibility index (Phi) is 3.07. The van der Waals surface area contributed by atoms with E-state index in [1.807, 2.05) is 17.6 Å². The van der Waals surface area contributed by atoms with E-state index in [2.05, 4.69) is 0 Å². The molecule has 0 fully saturated rings. The van der Waals surface area contributed by atoms with E-state index < -0.39 is 11.9 Å². The van der Waals surface area contributed by atoms with Gasteiger partial charge in [-0.3, -0.25) is 10.2 Å². The van der Waals surface area contributed by atoms with Gasteiger partial charge in [-0.2, -0.15) is 0 Å². The Bertz CT molecular complexity index is 406. The number of carbonyl (C=O) groups excluding carboxylic acids is 1. The van der Waals surface area contributed by atoms with Gasteiger partial charge in [0.1, 0.15) is 11.8 Å². The van der Waals surface area contributed by atoms with E-state index in [1.54, 1.807) is 6.07 Å². The second kappa shape index (κ2) is 4.51. The molecule has 0 aliphatic carbocycles. The Balaban J connectivity index is 2.26. The van der Waals surface area contributed by atoms with Gasteiger partial charge >= 0.3 is 0 Å². The van der Waals surface area contributed by atoms with Gasteiger partial charge in [-0.15, -0.1) is 0 Å². The highest BCUT2D eigenvalue weighted by Gasteiger charge is 2.17. The van der Waals surface area contributed by atoms with Gasteiger partial charge in [-0.1, -0.05) is 12.1 Å². The summed E-state index contributed by atoms with van der Waals surface area (Å²) < 4.78 is 5.48. The maximum atomic E-state index is 11.3. The minimum Gasteiger partial charge on any atom is -0.493 e. The molecule has 0 saturated carbocycles. The summed E-state index contributed by atoms with van der Waals surface area (Å²) >= 11 is 0. The number of hydrogen-bond acceptors (Lipinski definition) is 4. The molecule has 0 aromatic heterocycles. The molecule has 2 rings (SSSR count). The Labute approximate surface area is 93.7 Å². The topological polar surface area (TPSA) is 90.4 Å². The van der Waals surface area contributed by atoms with Crippen LogP contribution in [0.2, 0.25) is 0 Å². The summed E-state index contributed by atoms with van der Waals surface area (Å²) in [6.07, 6.45) is 1.95. The average molecular weight is 221 g/mol. The molecule has 16 heavy (non-hydrogen) atoms. The highest BCUT2D eigenvalue weighted by Crippen LogP contribution is 2.27. The molecule has 1 aromatic rings. The van der Waals surface area contributed by atoms with E-state index in [0.29, 0.717) is 0 Å². The summed E-state index contributed by atoms with van der Waals surface area (Å²) in [6.45, 7) is 0.752. The Morgan fingerprint density at radius 2 is 2.31 bits per heavy atom. The molecule has 1 amide bonds. The zero-order valence-corrected chi connectivity index (χ0v) is 8.90. The zero-order chi connectivity index (χ0) is 11.5. The lowest BCUT2D eigenvalue weighted by Gasteiger charge is -2.19. The quantitative estimate of drug-likeness (QED) is 0.372. The van der Waals surface area contributed by atoms with Crippen molar-refractivity contribution in [1.29, 1.82) is 0 Å². The molecule has 5 N–H and O–H groups in total. The van der Waals surface area contributed by atoms with Crippen LogP contribution in [0.25, 0.3) is 0 Å². The largest absolute Gasteiger partial charge is 0.493 e. The number of nitrogens with two attached hydrogens (primary N) is 2. The minimum absolute atomic E-state index is 0.392. The lowest BCUT2D eigenvalue weighted by Crippen LogP contribution is -2.38. The maximum absolute atomic E-state index is 11.3. The van der Waals surface area contributed by atoms with Gasteiger partial charge in [-0.25, -0.2) is 5.84 Å². The molecule has 1 aliphatic rings. The highest BCUT2D eigenvalue weighted by atomic mass is 16.5. The van der Waals surface area contributed by atoms with Crippen LogP contribution >= 0.6 is 0 Å². The van der Waals surface area contributed by atoms with Crippen LogP contribution < -0.4 is 21.7 Å². The standard InChI is InChI=1S/C11H15N3O2/c12-10(11(15)14-13)8-3-4-9-7(6-8)2-1-5-16-9/h3-4,6,10H,1-2,5,12-13H2,(H,14,15). The number of amides is 1. The number of fused-ring (bicyclic) bond motifs is 1. The lowest BCUT2D eigenvalue weighted by molar-refractivity contribution is -0.122. The fraction of sp³-hybridized carbons (Fsp3) is 0.364. The molecule has 5 nitrogen and oxygen atoms in total. The molecule has 0 saturated heterocycles. The summed E-state index contributed by atoms with van der Waals surface area (Å²) in [5, 5.41) is 0. The van der Waals surface area contributed by atoms with Crippen LogP contribution in [0, 0.1) is 0 Å². The van der Waals surface area contributed by atoms with E-state index in [-0.39, 0.29) is 0 Å². The Morgan fingerprint density at radius 3 is 3.06 bits per heavy atom. The third kappa shape index (κ3) is 2.00. The average Bonchev–Trinajstić information content (AvgIpc) is 2.36. The molecule has 1 aliphatic heterocycles. The maximum Gasteiger partial charge on any atom is 0.255 e. The van der Waals surface area contributed by atoms with Crippen molar-refractivity contribution in [1.82, 2.24) is 5.43 Å². The van der Waals surface area contributed by atoms with Crippen LogP contribution in [-0.2, 0) is 11.2 Å². The van der Waals surface area contributed by atoms with Crippen LogP contribution in [0.1, 0.15) is 23.6 Å². The molecule has 5 heteroatoms. The molecule has 0 bridgehead atoms. The monoisotopic (exact) mass is 221 g/mol. The van der Waals surface area contributed by atoms with Gasteiger partial charge in [0.05, 0.1) is 6.61 Å². The normalized spacial score (nSPS) is 15.9. The molecule has 0 spiro atoms. The summed E-state index contributed by atoms with van der Waals surface area (Å²) in [5.41, 5.74) is 9.66. The van der Waals surface area contributed by atoms with Crippen LogP contribution in [0.5, 0.6) is 5.75 Å². The molecule has 1 unspecified atom stereocenters. The van der Waals surface area contributed by atoms with E-state index in [1.165, 1.54) is 0 Å². The van der Waals surface area contributed by atoms with Crippen LogP contribution in [0.3, 0.4) is 0 Å². The first-order valence-corrected chi connectivity index (χ1v) is 5.24. The zero-order valence-electron chi connectivity index (χ0n) is 8.90. The minimum atomic E-state index is -0.725. The lowest BCUT2D eigenvalue weighted by atomic mass is 9.99. The van der Waals surface area contributed by atoms with Crippen molar-refractivity contribution >= 4 is 5.91 Å². The number of nitrogens with one attached hydrogen (secondary N) is 1. The van der Waals surface area contributed by atoms with E-state index in [9.17, 15) is 4.79 Å². The second-order valence-electron chi connectivity index (χ2n) is 3.81. The van der Waals surface area contributed by atoms with Gasteiger partial charge in [0.25, 0.3) is 5.91 Å². The van der Waals surface area contributed by atoms with Crippen molar-refractivity contribution in [3.05, 3.63) is 29.3 Å². The summed E-state index contributed by atoms with van der Waals surface area (Å²) in [7, 11) is 0. The summed E-state index contributed by atoms with van der Waals surface area (Å²) in [5.74, 6) is 5.54. The van der Waals surface area contributed by atoms with Crippen LogP contribution in [0.4, 0.5) is 0 Å². The number of benzene rings is 1. The Morgan fingerprint density at radius 1 is 1.50 bits per heavy atom. The third-order valence-corrected chi connectivity index (χ3v) is 2.72. The van der Waals surface area contributed by atoms with Crippen LogP contribution in [0.15, 0.2) is 18.2 Å². The summed E-state index contributed by atoms with van der Waals surface area (Å²) in [6, 6.07) is 4.84. The van der Waals surface area contributed by atoms with Crippen molar-refractivity contribution in [2.45, 2.75) is 18.9 Å². The van der Waals surface area contributed by atoms with E-state index in [0.717, 1.165) is 36.3 Å². The number of rotatable bonds is 2. The van der Waals surface area contributed by atoms with Crippen molar-refractivity contribution in [2.24, 2.45) is 11.6 Å². The number of ether oxygens (including phenoxy) is 1. The first-order chi connectivity index (χ1) is 7.72. The molecule has 1 heterocycles. The van der Waals surface area contributed by atoms with Gasteiger partial charge in [0.2, 0.25) is 0 Å². The molecule has 0 radical (unpaired) electrons. The fourth-order valence-electron chi connectivity index (χ4n) is 1.81. The van der Waals surface area contributed by atoms with Gasteiger partial charge in [0, 0.05) is 0 Å².